The van der Waals surface area contributed by atoms with Crippen molar-refractivity contribution in [3.05, 3.63) is 29.3 Å². The quantitative estimate of drug-likeness (QED) is 0.873. The summed E-state index contributed by atoms with van der Waals surface area (Å²) in [7, 11) is 0. The predicted octanol–water partition coefficient (Wildman–Crippen LogP) is 2.20. The van der Waals surface area contributed by atoms with E-state index in [1.807, 2.05) is 0 Å². The van der Waals surface area contributed by atoms with Crippen molar-refractivity contribution in [2.45, 2.75) is 19.3 Å². The summed E-state index contributed by atoms with van der Waals surface area (Å²) in [6.45, 7) is 3.12. The van der Waals surface area contributed by atoms with E-state index in [0.717, 1.165) is 31.4 Å². The average molecular weight is 240 g/mol. The van der Waals surface area contributed by atoms with Crippen LogP contribution in [0.15, 0.2) is 18.2 Å². The standard InChI is InChI=1S/C13H17NO.ClH/c1-3-11-4-2-6-13(12(11)5-1)15-9-10-7-14-8-10;/h2,4,6,10,14H,1,3,5,7-9H2;1H. The maximum atomic E-state index is 5.91. The van der Waals surface area contributed by atoms with E-state index in [2.05, 4.69) is 23.5 Å². The van der Waals surface area contributed by atoms with E-state index in [1.54, 1.807) is 0 Å². The minimum absolute atomic E-state index is 0. The van der Waals surface area contributed by atoms with Gasteiger partial charge in [0, 0.05) is 19.0 Å². The van der Waals surface area contributed by atoms with Crippen LogP contribution in [0, 0.1) is 5.92 Å². The Morgan fingerprint density at radius 1 is 1.25 bits per heavy atom. The Bertz CT molecular complexity index is 363. The first kappa shape index (κ1) is 11.7. The fraction of sp³-hybridized carbons (Fsp3) is 0.538. The lowest BCUT2D eigenvalue weighted by Gasteiger charge is -2.27. The van der Waals surface area contributed by atoms with Crippen molar-refractivity contribution < 1.29 is 4.74 Å². The molecule has 1 heterocycles. The molecule has 16 heavy (non-hydrogen) atoms. The molecule has 0 saturated carbocycles. The Morgan fingerprint density at radius 3 is 2.88 bits per heavy atom. The molecule has 1 aromatic rings. The lowest BCUT2D eigenvalue weighted by Crippen LogP contribution is -2.45. The molecule has 0 amide bonds. The fourth-order valence-electron chi connectivity index (χ4n) is 2.39. The SMILES string of the molecule is Cl.c1cc2c(c(OCC3CNC3)c1)CCC2. The predicted molar refractivity (Wildman–Crippen MR) is 67.6 cm³/mol. The second-order valence-corrected chi connectivity index (χ2v) is 4.58. The van der Waals surface area contributed by atoms with Crippen LogP contribution >= 0.6 is 12.4 Å². The molecule has 1 aliphatic carbocycles. The van der Waals surface area contributed by atoms with Crippen LogP contribution in [0.3, 0.4) is 0 Å². The van der Waals surface area contributed by atoms with Gasteiger partial charge in [-0.15, -0.1) is 12.4 Å². The van der Waals surface area contributed by atoms with Gasteiger partial charge in [-0.2, -0.15) is 0 Å². The molecule has 1 aromatic carbocycles. The maximum Gasteiger partial charge on any atom is 0.122 e. The molecular formula is C13H18ClNO. The van der Waals surface area contributed by atoms with E-state index in [4.69, 9.17) is 4.74 Å². The molecule has 0 aromatic heterocycles. The zero-order valence-electron chi connectivity index (χ0n) is 9.37. The second kappa shape index (κ2) is 5.07. The maximum absolute atomic E-state index is 5.91. The average Bonchev–Trinajstić information content (AvgIpc) is 2.63. The minimum atomic E-state index is 0. The molecule has 2 aliphatic rings. The van der Waals surface area contributed by atoms with Crippen molar-refractivity contribution >= 4 is 12.4 Å². The highest BCUT2D eigenvalue weighted by molar-refractivity contribution is 5.85. The monoisotopic (exact) mass is 239 g/mol. The van der Waals surface area contributed by atoms with Gasteiger partial charge in [0.2, 0.25) is 0 Å². The Morgan fingerprint density at radius 2 is 2.12 bits per heavy atom. The van der Waals surface area contributed by atoms with E-state index in [1.165, 1.54) is 30.4 Å². The molecule has 0 radical (unpaired) electrons. The number of hydrogen-bond acceptors (Lipinski definition) is 2. The van der Waals surface area contributed by atoms with Gasteiger partial charge >= 0.3 is 0 Å². The summed E-state index contributed by atoms with van der Waals surface area (Å²) in [6, 6.07) is 6.48. The Hall–Kier alpha value is -0.730. The molecule has 0 spiro atoms. The smallest absolute Gasteiger partial charge is 0.122 e. The van der Waals surface area contributed by atoms with Crippen molar-refractivity contribution in [2.24, 2.45) is 5.92 Å². The van der Waals surface area contributed by atoms with Gasteiger partial charge in [-0.3, -0.25) is 0 Å². The zero-order chi connectivity index (χ0) is 10.1. The van der Waals surface area contributed by atoms with Crippen molar-refractivity contribution in [1.82, 2.24) is 5.32 Å². The molecular weight excluding hydrogens is 222 g/mol. The van der Waals surface area contributed by atoms with Crippen LogP contribution in [0.25, 0.3) is 0 Å². The first-order valence-electron chi connectivity index (χ1n) is 5.88. The van der Waals surface area contributed by atoms with E-state index < -0.39 is 0 Å². The number of halogens is 1. The first-order chi connectivity index (χ1) is 7.43. The summed E-state index contributed by atoms with van der Waals surface area (Å²) in [5.41, 5.74) is 2.96. The summed E-state index contributed by atoms with van der Waals surface area (Å²) in [4.78, 5) is 0. The minimum Gasteiger partial charge on any atom is -0.493 e. The molecule has 3 rings (SSSR count). The molecule has 0 bridgehead atoms. The van der Waals surface area contributed by atoms with Crippen molar-refractivity contribution in [2.75, 3.05) is 19.7 Å². The highest BCUT2D eigenvalue weighted by Crippen LogP contribution is 2.30. The number of aryl methyl sites for hydroxylation is 1. The number of rotatable bonds is 3. The van der Waals surface area contributed by atoms with Crippen molar-refractivity contribution in [1.29, 1.82) is 0 Å². The fourth-order valence-corrected chi connectivity index (χ4v) is 2.39. The summed E-state index contributed by atoms with van der Waals surface area (Å²) in [5.74, 6) is 1.86. The van der Waals surface area contributed by atoms with Gasteiger partial charge in [-0.05, 0) is 36.5 Å². The summed E-state index contributed by atoms with van der Waals surface area (Å²) < 4.78 is 5.91. The number of ether oxygens (including phenoxy) is 1. The normalized spacial score (nSPS) is 18.5. The van der Waals surface area contributed by atoms with E-state index in [0.29, 0.717) is 0 Å². The van der Waals surface area contributed by atoms with Gasteiger partial charge in [0.15, 0.2) is 0 Å². The highest BCUT2D eigenvalue weighted by atomic mass is 35.5. The number of fused-ring (bicyclic) bond motifs is 1. The van der Waals surface area contributed by atoms with Crippen LogP contribution in [0.5, 0.6) is 5.75 Å². The van der Waals surface area contributed by atoms with Crippen LogP contribution in [-0.2, 0) is 12.8 Å². The molecule has 1 saturated heterocycles. The Balaban J connectivity index is 0.000000963. The van der Waals surface area contributed by atoms with Gasteiger partial charge in [0.05, 0.1) is 6.61 Å². The van der Waals surface area contributed by atoms with Gasteiger partial charge < -0.3 is 10.1 Å². The zero-order valence-corrected chi connectivity index (χ0v) is 10.2. The lowest BCUT2D eigenvalue weighted by atomic mass is 10.1. The van der Waals surface area contributed by atoms with Crippen molar-refractivity contribution in [3.8, 4) is 5.75 Å². The van der Waals surface area contributed by atoms with Crippen molar-refractivity contribution in [3.63, 3.8) is 0 Å². The molecule has 1 fully saturated rings. The molecule has 2 nitrogen and oxygen atoms in total. The van der Waals surface area contributed by atoms with Gasteiger partial charge in [-0.1, -0.05) is 12.1 Å². The van der Waals surface area contributed by atoms with Crippen LogP contribution in [0.2, 0.25) is 0 Å². The molecule has 1 aliphatic heterocycles. The van der Waals surface area contributed by atoms with E-state index >= 15 is 0 Å². The van der Waals surface area contributed by atoms with Crippen LogP contribution in [-0.4, -0.2) is 19.7 Å². The summed E-state index contributed by atoms with van der Waals surface area (Å²) in [6.07, 6.45) is 3.73. The summed E-state index contributed by atoms with van der Waals surface area (Å²) in [5, 5.41) is 3.27. The highest BCUT2D eigenvalue weighted by Gasteiger charge is 2.19. The molecule has 3 heteroatoms. The first-order valence-corrected chi connectivity index (χ1v) is 5.88. The van der Waals surface area contributed by atoms with Crippen LogP contribution < -0.4 is 10.1 Å². The van der Waals surface area contributed by atoms with E-state index in [9.17, 15) is 0 Å². The van der Waals surface area contributed by atoms with Gasteiger partial charge in [0.25, 0.3) is 0 Å². The largest absolute Gasteiger partial charge is 0.493 e. The van der Waals surface area contributed by atoms with Crippen LogP contribution in [0.4, 0.5) is 0 Å². The molecule has 88 valence electrons. The van der Waals surface area contributed by atoms with Gasteiger partial charge in [0.1, 0.15) is 5.75 Å². The van der Waals surface area contributed by atoms with E-state index in [-0.39, 0.29) is 12.4 Å². The number of nitrogens with one attached hydrogen (secondary N) is 1. The topological polar surface area (TPSA) is 21.3 Å². The third-order valence-corrected chi connectivity index (χ3v) is 3.44. The third-order valence-electron chi connectivity index (χ3n) is 3.44. The number of benzene rings is 1. The molecule has 0 unspecified atom stereocenters. The second-order valence-electron chi connectivity index (χ2n) is 4.58. The van der Waals surface area contributed by atoms with Gasteiger partial charge in [-0.25, -0.2) is 0 Å². The summed E-state index contributed by atoms with van der Waals surface area (Å²) >= 11 is 0. The molecule has 1 N–H and O–H groups in total. The van der Waals surface area contributed by atoms with Crippen LogP contribution in [0.1, 0.15) is 17.5 Å². The third kappa shape index (κ3) is 2.18. The Labute approximate surface area is 103 Å². The lowest BCUT2D eigenvalue weighted by molar-refractivity contribution is 0.198. The number of hydrogen-bond donors (Lipinski definition) is 1. The Kier molecular flexibility index (Phi) is 3.72. The molecule has 0 atom stereocenters.